The highest BCUT2D eigenvalue weighted by Crippen LogP contribution is 2.41. The van der Waals surface area contributed by atoms with Gasteiger partial charge in [0.15, 0.2) is 0 Å². The van der Waals surface area contributed by atoms with Gasteiger partial charge in [-0.15, -0.1) is 0 Å². The molecule has 2 N–H and O–H groups in total. The van der Waals surface area contributed by atoms with Crippen LogP contribution in [0.4, 0.5) is 26.3 Å². The molecule has 2 amide bonds. The van der Waals surface area contributed by atoms with Crippen LogP contribution in [-0.2, 0) is 14.6 Å². The molecule has 41 heavy (non-hydrogen) atoms. The van der Waals surface area contributed by atoms with Gasteiger partial charge in [0.05, 0.1) is 32.3 Å². The molecule has 2 aromatic carbocycles. The Morgan fingerprint density at radius 3 is 2.10 bits per heavy atom. The van der Waals surface area contributed by atoms with E-state index >= 15 is 0 Å². The van der Waals surface area contributed by atoms with Crippen LogP contribution in [0.2, 0.25) is 15.1 Å². The summed E-state index contributed by atoms with van der Waals surface area (Å²) in [4.78, 5) is 25.1. The number of nitrogens with one attached hydrogen (secondary N) is 2. The van der Waals surface area contributed by atoms with Gasteiger partial charge in [-0.3, -0.25) is 9.59 Å². The lowest BCUT2D eigenvalue weighted by Gasteiger charge is -2.19. The molecule has 0 aliphatic carbocycles. The van der Waals surface area contributed by atoms with Crippen LogP contribution < -0.4 is 10.6 Å². The van der Waals surface area contributed by atoms with Crippen LogP contribution in [0.3, 0.4) is 0 Å². The summed E-state index contributed by atoms with van der Waals surface area (Å²) < 4.78 is 102. The van der Waals surface area contributed by atoms with Crippen molar-refractivity contribution in [3.05, 3.63) is 72.6 Å². The molecule has 0 aliphatic heterocycles. The van der Waals surface area contributed by atoms with Crippen molar-refractivity contribution in [3.8, 4) is 0 Å². The number of carbonyl (C=O) groups is 2. The molecule has 226 valence electrons. The summed E-state index contributed by atoms with van der Waals surface area (Å²) in [6.45, 7) is -1.70. The van der Waals surface area contributed by atoms with Crippen LogP contribution in [0.15, 0.2) is 40.9 Å². The van der Waals surface area contributed by atoms with E-state index in [4.69, 9.17) is 34.8 Å². The summed E-state index contributed by atoms with van der Waals surface area (Å²) in [7, 11) is -3.63. The second-order valence-corrected chi connectivity index (χ2v) is 13.0. The minimum atomic E-state index is -4.75. The number of hydrogen-bond acceptors (Lipinski definition) is 4. The summed E-state index contributed by atoms with van der Waals surface area (Å²) in [5, 5.41) is 3.35. The number of allylic oxidation sites excluding steroid dienone is 1. The minimum Gasteiger partial charge on any atom is -0.345 e. The number of rotatable bonds is 10. The van der Waals surface area contributed by atoms with Gasteiger partial charge in [-0.1, -0.05) is 53.0 Å². The molecule has 0 aliphatic rings. The van der Waals surface area contributed by atoms with Crippen LogP contribution in [-0.4, -0.2) is 57.2 Å². The molecule has 17 heteroatoms. The lowest BCUT2D eigenvalue weighted by molar-refractivity contribution is -0.139. The molecule has 0 saturated carbocycles. The van der Waals surface area contributed by atoms with E-state index in [2.05, 4.69) is 21.2 Å². The maximum Gasteiger partial charge on any atom is 0.405 e. The summed E-state index contributed by atoms with van der Waals surface area (Å²) in [5.74, 6) is -4.93. The van der Waals surface area contributed by atoms with E-state index in [-0.39, 0.29) is 36.2 Å². The Kier molecular flexibility index (Phi) is 12.0. The van der Waals surface area contributed by atoms with E-state index in [9.17, 15) is 44.3 Å². The maximum atomic E-state index is 13.8. The topological polar surface area (TPSA) is 92.3 Å². The smallest absolute Gasteiger partial charge is 0.345 e. The third-order valence-corrected chi connectivity index (χ3v) is 8.13. The quantitative estimate of drug-likeness (QED) is 0.204. The second kappa shape index (κ2) is 14.0. The molecular weight excluding hydrogens is 713 g/mol. The van der Waals surface area contributed by atoms with E-state index in [0.29, 0.717) is 0 Å². The molecule has 0 aromatic heterocycles. The molecule has 2 atom stereocenters. The van der Waals surface area contributed by atoms with Crippen molar-refractivity contribution in [1.82, 2.24) is 10.6 Å². The lowest BCUT2D eigenvalue weighted by atomic mass is 9.97. The van der Waals surface area contributed by atoms with Gasteiger partial charge in [0.25, 0.3) is 5.91 Å². The Bertz CT molecular complexity index is 1410. The molecule has 1 unspecified atom stereocenters. The van der Waals surface area contributed by atoms with Gasteiger partial charge in [0.1, 0.15) is 22.4 Å². The highest BCUT2D eigenvalue weighted by atomic mass is 79.9. The van der Waals surface area contributed by atoms with Crippen molar-refractivity contribution < 1.29 is 44.3 Å². The number of benzene rings is 2. The zero-order chi connectivity index (χ0) is 31.3. The summed E-state index contributed by atoms with van der Waals surface area (Å²) in [5.41, 5.74) is -0.184. The van der Waals surface area contributed by atoms with Crippen molar-refractivity contribution in [3.63, 3.8) is 0 Å². The molecule has 6 nitrogen and oxygen atoms in total. The number of hydrogen-bond donors (Lipinski definition) is 2. The first-order valence-corrected chi connectivity index (χ1v) is 15.2. The van der Waals surface area contributed by atoms with Gasteiger partial charge in [-0.05, 0) is 57.7 Å². The van der Waals surface area contributed by atoms with E-state index in [1.54, 1.807) is 5.32 Å². The lowest BCUT2D eigenvalue weighted by Crippen LogP contribution is -2.49. The zero-order valence-corrected chi connectivity index (χ0v) is 25.3. The first kappa shape index (κ1) is 35.2. The fourth-order valence-electron chi connectivity index (χ4n) is 3.34. The molecule has 0 fully saturated rings. The van der Waals surface area contributed by atoms with Gasteiger partial charge in [0, 0.05) is 10.7 Å². The van der Waals surface area contributed by atoms with Gasteiger partial charge in [-0.25, -0.2) is 8.42 Å². The predicted octanol–water partition coefficient (Wildman–Crippen LogP) is 6.98. The summed E-state index contributed by atoms with van der Waals surface area (Å²) in [6, 6.07) is 4.20. The van der Waals surface area contributed by atoms with Crippen LogP contribution in [0.1, 0.15) is 33.8 Å². The Morgan fingerprint density at radius 1 is 1.02 bits per heavy atom. The highest BCUT2D eigenvalue weighted by molar-refractivity contribution is 9.10. The number of carbonyl (C=O) groups excluding carboxylic acids is 2. The standard InChI is InChI=1S/C24H20BrCl3F6N2O4S/c1-41(39,40)7-6-19(22(38)35-11-23(29,30)31)36-21(37)14-4-2-12(8-16(14)25)3-5-15(24(32,33)34)13-9-17(26)20(28)18(27)10-13/h2-5,8-10,15,19H,6-7,11H2,1H3,(H,35,38)(H,36,37)/b5-3+/t15?,19-/m1/s1. The molecule has 0 radical (unpaired) electrons. The predicted molar refractivity (Wildman–Crippen MR) is 148 cm³/mol. The molecular formula is C24H20BrCl3F6N2O4S. The van der Waals surface area contributed by atoms with Crippen LogP contribution >= 0.6 is 50.7 Å². The SMILES string of the molecule is CS(=O)(=O)CC[C@@H](NC(=O)c1ccc(/C=C/C(c2cc(Cl)c(Cl)c(Cl)c2)C(F)(F)F)cc1Br)C(=O)NCC(F)(F)F. The number of amides is 2. The normalized spacial score (nSPS) is 14.1. The maximum absolute atomic E-state index is 13.8. The van der Waals surface area contributed by atoms with Gasteiger partial charge < -0.3 is 10.6 Å². The fraction of sp³-hybridized carbons (Fsp3) is 0.333. The Labute approximate surface area is 254 Å². The second-order valence-electron chi connectivity index (χ2n) is 8.69. The molecule has 0 bridgehead atoms. The zero-order valence-electron chi connectivity index (χ0n) is 20.6. The molecule has 0 spiro atoms. The van der Waals surface area contributed by atoms with Crippen molar-refractivity contribution in [2.75, 3.05) is 18.6 Å². The highest BCUT2D eigenvalue weighted by Gasteiger charge is 2.39. The fourth-order valence-corrected chi connectivity index (χ4v) is 5.19. The molecule has 0 heterocycles. The third-order valence-electron chi connectivity index (χ3n) is 5.30. The van der Waals surface area contributed by atoms with Gasteiger partial charge in [0.2, 0.25) is 5.91 Å². The van der Waals surface area contributed by atoms with Gasteiger partial charge >= 0.3 is 12.4 Å². The number of alkyl halides is 6. The molecule has 2 aromatic rings. The van der Waals surface area contributed by atoms with Crippen LogP contribution in [0.25, 0.3) is 6.08 Å². The first-order chi connectivity index (χ1) is 18.7. The van der Waals surface area contributed by atoms with Crippen molar-refractivity contribution in [2.45, 2.75) is 30.7 Å². The van der Waals surface area contributed by atoms with E-state index in [0.717, 1.165) is 30.5 Å². The monoisotopic (exact) mass is 730 g/mol. The average Bonchev–Trinajstić information content (AvgIpc) is 2.81. The third kappa shape index (κ3) is 11.3. The number of sulfone groups is 1. The van der Waals surface area contributed by atoms with Crippen LogP contribution in [0.5, 0.6) is 0 Å². The molecule has 0 saturated heterocycles. The van der Waals surface area contributed by atoms with Crippen LogP contribution in [0, 0.1) is 0 Å². The minimum absolute atomic E-state index is 0.0656. The van der Waals surface area contributed by atoms with Crippen molar-refractivity contribution >= 4 is 78.5 Å². The molecule has 2 rings (SSSR count). The van der Waals surface area contributed by atoms with E-state index in [1.807, 2.05) is 0 Å². The van der Waals surface area contributed by atoms with Crippen molar-refractivity contribution in [2.24, 2.45) is 0 Å². The Balaban J connectivity index is 2.28. The Morgan fingerprint density at radius 2 is 1.61 bits per heavy atom. The van der Waals surface area contributed by atoms with E-state index in [1.165, 1.54) is 18.2 Å². The van der Waals surface area contributed by atoms with E-state index < -0.39 is 64.7 Å². The number of halogens is 10. The Hall–Kier alpha value is -2.00. The average molecular weight is 733 g/mol. The largest absolute Gasteiger partial charge is 0.405 e. The summed E-state index contributed by atoms with van der Waals surface area (Å²) in [6.07, 6.45) is -7.18. The van der Waals surface area contributed by atoms with Gasteiger partial charge in [-0.2, -0.15) is 26.3 Å². The first-order valence-electron chi connectivity index (χ1n) is 11.2. The van der Waals surface area contributed by atoms with Crippen molar-refractivity contribution in [1.29, 1.82) is 0 Å². The summed E-state index contributed by atoms with van der Waals surface area (Å²) >= 11 is 20.7.